The molecule has 2 amide bonds. The van der Waals surface area contributed by atoms with E-state index >= 15 is 0 Å². The van der Waals surface area contributed by atoms with Gasteiger partial charge in [-0.05, 0) is 42.8 Å². The molecule has 1 N–H and O–H groups in total. The molecular weight excluding hydrogens is 374 g/mol. The van der Waals surface area contributed by atoms with E-state index in [1.165, 1.54) is 4.90 Å². The molecule has 1 aliphatic heterocycles. The van der Waals surface area contributed by atoms with E-state index < -0.39 is 11.9 Å². The average molecular weight is 395 g/mol. The number of rotatable bonds is 9. The molecule has 0 spiro atoms. The van der Waals surface area contributed by atoms with Crippen LogP contribution in [0, 0.1) is 5.92 Å². The van der Waals surface area contributed by atoms with Crippen LogP contribution in [0.3, 0.4) is 0 Å². The lowest BCUT2D eigenvalue weighted by molar-refractivity contribution is -0.137. The molecule has 0 fully saturated rings. The Morgan fingerprint density at radius 2 is 1.59 bits per heavy atom. The molecule has 0 radical (unpaired) electrons. The summed E-state index contributed by atoms with van der Waals surface area (Å²) in [6, 6.07) is 13.2. The van der Waals surface area contributed by atoms with E-state index in [0.717, 1.165) is 0 Å². The highest BCUT2D eigenvalue weighted by Crippen LogP contribution is 2.22. The van der Waals surface area contributed by atoms with Crippen LogP contribution < -0.4 is 4.74 Å². The number of hydrogen-bond acceptors (Lipinski definition) is 5. The number of carbonyl (C=O) groups excluding carboxylic acids is 3. The molecule has 1 aliphatic rings. The fourth-order valence-corrected chi connectivity index (χ4v) is 3.21. The Bertz CT molecular complexity index is 915. The van der Waals surface area contributed by atoms with E-state index in [1.807, 2.05) is 0 Å². The normalized spacial score (nSPS) is 13.9. The molecule has 7 heteroatoms. The Morgan fingerprint density at radius 3 is 2.14 bits per heavy atom. The quantitative estimate of drug-likeness (QED) is 0.398. The third-order valence-electron chi connectivity index (χ3n) is 4.74. The summed E-state index contributed by atoms with van der Waals surface area (Å²) in [5.41, 5.74) is 1.28. The molecule has 0 aromatic heterocycles. The van der Waals surface area contributed by atoms with Gasteiger partial charge in [0, 0.05) is 18.0 Å². The molecule has 2 aromatic carbocycles. The number of benzene rings is 2. The fourth-order valence-electron chi connectivity index (χ4n) is 3.21. The van der Waals surface area contributed by atoms with Gasteiger partial charge >= 0.3 is 5.97 Å². The van der Waals surface area contributed by atoms with E-state index in [9.17, 15) is 19.2 Å². The number of ether oxygens (including phenoxy) is 1. The predicted molar refractivity (Wildman–Crippen MR) is 104 cm³/mol. The standard InChI is InChI=1S/C22H21NO6/c1-14(13-19(24)25)20(26)15-7-9-16(10-8-15)29-12-4-11-23-21(27)17-5-2-3-6-18(17)22(23)28/h2-3,5-10,14H,4,11-13H2,1H3,(H,24,25). The Labute approximate surface area is 167 Å². The number of aliphatic carboxylic acids is 1. The maximum atomic E-state index is 12.3. The van der Waals surface area contributed by atoms with E-state index in [2.05, 4.69) is 0 Å². The SMILES string of the molecule is CC(CC(=O)O)C(=O)c1ccc(OCCCN2C(=O)c3ccccc3C2=O)cc1. The van der Waals surface area contributed by atoms with Crippen LogP contribution in [0.25, 0.3) is 0 Å². The van der Waals surface area contributed by atoms with Crippen molar-refractivity contribution in [3.63, 3.8) is 0 Å². The predicted octanol–water partition coefficient (Wildman–Crippen LogP) is 3.05. The van der Waals surface area contributed by atoms with Gasteiger partial charge in [-0.1, -0.05) is 19.1 Å². The van der Waals surface area contributed by atoms with Crippen LogP contribution in [0.15, 0.2) is 48.5 Å². The number of carboxylic acids is 1. The molecule has 1 heterocycles. The second kappa shape index (κ2) is 8.68. The summed E-state index contributed by atoms with van der Waals surface area (Å²) in [4.78, 5) is 48.7. The van der Waals surface area contributed by atoms with Gasteiger partial charge in [0.1, 0.15) is 5.75 Å². The van der Waals surface area contributed by atoms with E-state index in [0.29, 0.717) is 35.5 Å². The molecule has 1 atom stereocenters. The van der Waals surface area contributed by atoms with Crippen LogP contribution >= 0.6 is 0 Å². The minimum Gasteiger partial charge on any atom is -0.494 e. The number of nitrogens with zero attached hydrogens (tertiary/aromatic N) is 1. The van der Waals surface area contributed by atoms with Crippen LogP contribution in [-0.2, 0) is 4.79 Å². The monoisotopic (exact) mass is 395 g/mol. The molecule has 3 rings (SSSR count). The Hall–Kier alpha value is -3.48. The van der Waals surface area contributed by atoms with E-state index in [4.69, 9.17) is 9.84 Å². The summed E-state index contributed by atoms with van der Waals surface area (Å²) >= 11 is 0. The zero-order chi connectivity index (χ0) is 21.0. The topological polar surface area (TPSA) is 101 Å². The highest BCUT2D eigenvalue weighted by Gasteiger charge is 2.34. The van der Waals surface area contributed by atoms with Crippen molar-refractivity contribution >= 4 is 23.6 Å². The van der Waals surface area contributed by atoms with Crippen LogP contribution in [0.4, 0.5) is 0 Å². The summed E-state index contributed by atoms with van der Waals surface area (Å²) in [5.74, 6) is -1.87. The molecule has 0 saturated carbocycles. The molecule has 2 aromatic rings. The minimum absolute atomic E-state index is 0.213. The lowest BCUT2D eigenvalue weighted by Gasteiger charge is -2.14. The van der Waals surface area contributed by atoms with Gasteiger partial charge in [-0.3, -0.25) is 24.1 Å². The zero-order valence-electron chi connectivity index (χ0n) is 16.0. The lowest BCUT2D eigenvalue weighted by atomic mass is 9.96. The van der Waals surface area contributed by atoms with Crippen molar-refractivity contribution in [2.45, 2.75) is 19.8 Å². The summed E-state index contributed by atoms with van der Waals surface area (Å²) in [7, 11) is 0. The second-order valence-corrected chi connectivity index (χ2v) is 6.90. The van der Waals surface area contributed by atoms with Crippen molar-refractivity contribution in [1.29, 1.82) is 0 Å². The first kappa shape index (κ1) is 20.3. The van der Waals surface area contributed by atoms with Crippen LogP contribution in [0.2, 0.25) is 0 Å². The van der Waals surface area contributed by atoms with Crippen molar-refractivity contribution in [2.24, 2.45) is 5.92 Å². The van der Waals surface area contributed by atoms with Gasteiger partial charge in [0.05, 0.1) is 24.2 Å². The number of ketones is 1. The number of amides is 2. The van der Waals surface area contributed by atoms with Crippen molar-refractivity contribution < 1.29 is 29.0 Å². The smallest absolute Gasteiger partial charge is 0.304 e. The number of carboxylic acid groups (broad SMARTS) is 1. The molecule has 0 bridgehead atoms. The highest BCUT2D eigenvalue weighted by atomic mass is 16.5. The maximum Gasteiger partial charge on any atom is 0.304 e. The summed E-state index contributed by atoms with van der Waals surface area (Å²) in [6.07, 6.45) is 0.261. The van der Waals surface area contributed by atoms with Crippen molar-refractivity contribution in [1.82, 2.24) is 4.90 Å². The molecule has 29 heavy (non-hydrogen) atoms. The molecule has 150 valence electrons. The number of hydrogen-bond donors (Lipinski definition) is 1. The van der Waals surface area contributed by atoms with Gasteiger partial charge in [0.2, 0.25) is 0 Å². The van der Waals surface area contributed by atoms with E-state index in [1.54, 1.807) is 55.5 Å². The lowest BCUT2D eigenvalue weighted by Crippen LogP contribution is -2.31. The fraction of sp³-hybridized carbons (Fsp3) is 0.273. The van der Waals surface area contributed by atoms with Crippen molar-refractivity contribution in [3.8, 4) is 5.75 Å². The summed E-state index contributed by atoms with van der Waals surface area (Å²) in [5, 5.41) is 8.79. The van der Waals surface area contributed by atoms with Gasteiger partial charge in [0.25, 0.3) is 11.8 Å². The molecular formula is C22H21NO6. The Balaban J connectivity index is 1.48. The number of imide groups is 1. The van der Waals surface area contributed by atoms with Gasteiger partial charge in [-0.25, -0.2) is 0 Å². The van der Waals surface area contributed by atoms with Gasteiger partial charge in [-0.15, -0.1) is 0 Å². The summed E-state index contributed by atoms with van der Waals surface area (Å²) in [6.45, 7) is 2.14. The highest BCUT2D eigenvalue weighted by molar-refractivity contribution is 6.21. The first-order valence-corrected chi connectivity index (χ1v) is 9.32. The van der Waals surface area contributed by atoms with Crippen LogP contribution in [0.5, 0.6) is 5.75 Å². The number of fused-ring (bicyclic) bond motifs is 1. The average Bonchev–Trinajstić information content (AvgIpc) is 2.95. The first-order valence-electron chi connectivity index (χ1n) is 9.32. The van der Waals surface area contributed by atoms with Gasteiger partial charge in [-0.2, -0.15) is 0 Å². The van der Waals surface area contributed by atoms with Crippen molar-refractivity contribution in [2.75, 3.05) is 13.2 Å². The minimum atomic E-state index is -1.01. The Morgan fingerprint density at radius 1 is 1.00 bits per heavy atom. The Kier molecular flexibility index (Phi) is 6.07. The van der Waals surface area contributed by atoms with Gasteiger partial charge < -0.3 is 9.84 Å². The second-order valence-electron chi connectivity index (χ2n) is 6.90. The number of carbonyl (C=O) groups is 4. The number of Topliss-reactive ketones (excluding diaryl/α,β-unsaturated/α-hetero) is 1. The largest absolute Gasteiger partial charge is 0.494 e. The third-order valence-corrected chi connectivity index (χ3v) is 4.74. The molecule has 7 nitrogen and oxygen atoms in total. The van der Waals surface area contributed by atoms with Crippen molar-refractivity contribution in [3.05, 3.63) is 65.2 Å². The van der Waals surface area contributed by atoms with Gasteiger partial charge in [0.15, 0.2) is 5.78 Å². The van der Waals surface area contributed by atoms with Crippen LogP contribution in [0.1, 0.15) is 50.8 Å². The molecule has 0 saturated heterocycles. The maximum absolute atomic E-state index is 12.3. The molecule has 1 unspecified atom stereocenters. The van der Waals surface area contributed by atoms with E-state index in [-0.39, 0.29) is 30.6 Å². The summed E-state index contributed by atoms with van der Waals surface area (Å²) < 4.78 is 5.62. The molecule has 0 aliphatic carbocycles. The zero-order valence-corrected chi connectivity index (χ0v) is 16.0. The first-order chi connectivity index (χ1) is 13.9. The van der Waals surface area contributed by atoms with Crippen LogP contribution in [-0.4, -0.2) is 46.7 Å². The third kappa shape index (κ3) is 4.51.